The van der Waals surface area contributed by atoms with Crippen molar-refractivity contribution in [1.29, 1.82) is 0 Å². The molecule has 84 valence electrons. The van der Waals surface area contributed by atoms with Crippen molar-refractivity contribution in [3.63, 3.8) is 0 Å². The van der Waals surface area contributed by atoms with Crippen LogP contribution in [-0.4, -0.2) is 33.1 Å². The molecule has 5 heteroatoms. The molecule has 0 spiro atoms. The van der Waals surface area contributed by atoms with E-state index < -0.39 is 0 Å². The number of hydrogen-bond acceptors (Lipinski definition) is 3. The second-order valence-corrected chi connectivity index (χ2v) is 2.30. The van der Waals surface area contributed by atoms with Crippen molar-refractivity contribution in [2.75, 3.05) is 13.2 Å². The zero-order chi connectivity index (χ0) is 11.2. The number of aromatic amines is 2. The molecule has 2 N–H and O–H groups in total. The van der Waals surface area contributed by atoms with E-state index in [1.165, 1.54) is 0 Å². The molecule has 0 aliphatic rings. The summed E-state index contributed by atoms with van der Waals surface area (Å²) in [6.07, 6.45) is 10.2. The van der Waals surface area contributed by atoms with Crippen molar-refractivity contribution < 1.29 is 4.74 Å². The highest BCUT2D eigenvalue weighted by Crippen LogP contribution is 1.64. The number of aromatic nitrogens is 4. The minimum absolute atomic E-state index is 0.844. The number of nitrogens with zero attached hydrogens (tertiary/aromatic N) is 2. The Morgan fingerprint density at radius 1 is 0.933 bits per heavy atom. The Kier molecular flexibility index (Phi) is 11.0. The lowest BCUT2D eigenvalue weighted by Gasteiger charge is -1.86. The van der Waals surface area contributed by atoms with E-state index in [0.717, 1.165) is 13.2 Å². The fourth-order valence-electron chi connectivity index (χ4n) is 0.634. The van der Waals surface area contributed by atoms with Crippen molar-refractivity contribution in [2.45, 2.75) is 13.8 Å². The molecule has 0 atom stereocenters. The van der Waals surface area contributed by atoms with Crippen molar-refractivity contribution in [2.24, 2.45) is 0 Å². The molecule has 0 fully saturated rings. The van der Waals surface area contributed by atoms with Gasteiger partial charge in [0, 0.05) is 38.0 Å². The number of H-pyrrole nitrogens is 2. The maximum absolute atomic E-state index is 4.83. The molecule has 0 aliphatic carbocycles. The number of nitrogens with one attached hydrogen (secondary N) is 2. The molecule has 0 amide bonds. The Bertz CT molecular complexity index is 192. The summed E-state index contributed by atoms with van der Waals surface area (Å²) in [5, 5.41) is 0. The summed E-state index contributed by atoms with van der Waals surface area (Å²) >= 11 is 0. The zero-order valence-electron chi connectivity index (χ0n) is 9.18. The first-order valence-electron chi connectivity index (χ1n) is 4.85. The molecule has 0 aliphatic heterocycles. The molecule has 2 rings (SSSR count). The van der Waals surface area contributed by atoms with E-state index in [1.807, 2.05) is 13.8 Å². The Hall–Kier alpha value is -1.62. The van der Waals surface area contributed by atoms with E-state index in [1.54, 1.807) is 37.4 Å². The van der Waals surface area contributed by atoms with Crippen LogP contribution in [0.5, 0.6) is 0 Å². The van der Waals surface area contributed by atoms with E-state index in [4.69, 9.17) is 4.74 Å². The maximum Gasteiger partial charge on any atom is 0.0919 e. The SMILES string of the molecule is CCOCC.c1c[nH]cn1.c1c[nH]cn1. The predicted molar refractivity (Wildman–Crippen MR) is 59.3 cm³/mol. The Morgan fingerprint density at radius 3 is 1.47 bits per heavy atom. The van der Waals surface area contributed by atoms with Gasteiger partial charge in [0.05, 0.1) is 12.7 Å². The number of ether oxygens (including phenoxy) is 1. The lowest BCUT2D eigenvalue weighted by molar-refractivity contribution is 0.162. The van der Waals surface area contributed by atoms with Gasteiger partial charge in [0.15, 0.2) is 0 Å². The maximum atomic E-state index is 4.83. The van der Waals surface area contributed by atoms with Crippen LogP contribution in [0.4, 0.5) is 0 Å². The lowest BCUT2D eigenvalue weighted by Crippen LogP contribution is -1.84. The summed E-state index contributed by atoms with van der Waals surface area (Å²) in [7, 11) is 0. The third kappa shape index (κ3) is 12.4. The smallest absolute Gasteiger partial charge is 0.0919 e. The molecule has 15 heavy (non-hydrogen) atoms. The van der Waals surface area contributed by atoms with Crippen molar-refractivity contribution in [3.05, 3.63) is 37.4 Å². The molecule has 2 aromatic heterocycles. The van der Waals surface area contributed by atoms with Crippen molar-refractivity contribution in [1.82, 2.24) is 19.9 Å². The quantitative estimate of drug-likeness (QED) is 0.795. The minimum Gasteiger partial charge on any atom is -0.382 e. The van der Waals surface area contributed by atoms with E-state index in [0.29, 0.717) is 0 Å². The van der Waals surface area contributed by atoms with Gasteiger partial charge in [0.1, 0.15) is 0 Å². The highest BCUT2D eigenvalue weighted by molar-refractivity contribution is 4.65. The first kappa shape index (κ1) is 13.4. The summed E-state index contributed by atoms with van der Waals surface area (Å²) in [6, 6.07) is 0. The average Bonchev–Trinajstić information content (AvgIpc) is 2.99. The largest absolute Gasteiger partial charge is 0.382 e. The predicted octanol–water partition coefficient (Wildman–Crippen LogP) is 1.86. The highest BCUT2D eigenvalue weighted by Gasteiger charge is 1.64. The van der Waals surface area contributed by atoms with Crippen LogP contribution in [-0.2, 0) is 4.74 Å². The molecule has 0 saturated heterocycles. The van der Waals surface area contributed by atoms with Crippen molar-refractivity contribution >= 4 is 0 Å². The van der Waals surface area contributed by atoms with Gasteiger partial charge in [-0.15, -0.1) is 0 Å². The molecule has 0 aromatic carbocycles. The van der Waals surface area contributed by atoms with E-state index in [-0.39, 0.29) is 0 Å². The summed E-state index contributed by atoms with van der Waals surface area (Å²) in [5.74, 6) is 0. The molecule has 2 aromatic rings. The van der Waals surface area contributed by atoms with Crippen LogP contribution in [0.2, 0.25) is 0 Å². The van der Waals surface area contributed by atoms with Gasteiger partial charge in [-0.1, -0.05) is 0 Å². The third-order valence-corrected chi connectivity index (χ3v) is 1.22. The summed E-state index contributed by atoms with van der Waals surface area (Å²) < 4.78 is 4.83. The molecule has 0 bridgehead atoms. The molecule has 2 heterocycles. The van der Waals surface area contributed by atoms with Crippen LogP contribution >= 0.6 is 0 Å². The van der Waals surface area contributed by atoms with Crippen molar-refractivity contribution in [3.8, 4) is 0 Å². The number of rotatable bonds is 2. The summed E-state index contributed by atoms with van der Waals surface area (Å²) in [5.41, 5.74) is 0. The highest BCUT2D eigenvalue weighted by atomic mass is 16.5. The monoisotopic (exact) mass is 210 g/mol. The van der Waals surface area contributed by atoms with Gasteiger partial charge in [-0.25, -0.2) is 9.97 Å². The summed E-state index contributed by atoms with van der Waals surface area (Å²) in [4.78, 5) is 12.8. The topological polar surface area (TPSA) is 66.6 Å². The minimum atomic E-state index is 0.844. The lowest BCUT2D eigenvalue weighted by atomic mass is 10.8. The molecule has 5 nitrogen and oxygen atoms in total. The Balaban J connectivity index is 0.000000196. The van der Waals surface area contributed by atoms with Gasteiger partial charge in [0.2, 0.25) is 0 Å². The van der Waals surface area contributed by atoms with Crippen LogP contribution in [0, 0.1) is 0 Å². The zero-order valence-corrected chi connectivity index (χ0v) is 9.18. The van der Waals surface area contributed by atoms with Crippen LogP contribution in [0.25, 0.3) is 0 Å². The van der Waals surface area contributed by atoms with E-state index in [2.05, 4.69) is 19.9 Å². The van der Waals surface area contributed by atoms with E-state index >= 15 is 0 Å². The fourth-order valence-corrected chi connectivity index (χ4v) is 0.634. The van der Waals surface area contributed by atoms with Crippen LogP contribution < -0.4 is 0 Å². The van der Waals surface area contributed by atoms with Gasteiger partial charge >= 0.3 is 0 Å². The van der Waals surface area contributed by atoms with Gasteiger partial charge in [0.25, 0.3) is 0 Å². The first-order valence-corrected chi connectivity index (χ1v) is 4.85. The second kappa shape index (κ2) is 12.4. The molecule has 0 radical (unpaired) electrons. The van der Waals surface area contributed by atoms with Gasteiger partial charge in [-0.2, -0.15) is 0 Å². The summed E-state index contributed by atoms with van der Waals surface area (Å²) in [6.45, 7) is 5.67. The second-order valence-electron chi connectivity index (χ2n) is 2.30. The number of imidazole rings is 2. The molecule has 0 saturated carbocycles. The number of hydrogen-bond donors (Lipinski definition) is 2. The molecular formula is C10H18N4O. The normalized spacial score (nSPS) is 8.13. The van der Waals surface area contributed by atoms with Gasteiger partial charge in [-0.3, -0.25) is 0 Å². The third-order valence-electron chi connectivity index (χ3n) is 1.22. The van der Waals surface area contributed by atoms with Gasteiger partial charge in [-0.05, 0) is 13.8 Å². The fraction of sp³-hybridized carbons (Fsp3) is 0.400. The first-order chi connectivity index (χ1) is 7.41. The van der Waals surface area contributed by atoms with Gasteiger partial charge < -0.3 is 14.7 Å². The molecular weight excluding hydrogens is 192 g/mol. The Morgan fingerprint density at radius 2 is 1.40 bits per heavy atom. The van der Waals surface area contributed by atoms with Crippen LogP contribution in [0.3, 0.4) is 0 Å². The average molecular weight is 210 g/mol. The van der Waals surface area contributed by atoms with E-state index in [9.17, 15) is 0 Å². The molecule has 0 unspecified atom stereocenters. The Labute approximate surface area is 89.9 Å². The standard InChI is InChI=1S/C4H10O.2C3H4N2/c1-3-5-4-2;2*1-2-5-3-4-1/h3-4H2,1-2H3;2*1-3H,(H,4,5). The van der Waals surface area contributed by atoms with Crippen LogP contribution in [0.1, 0.15) is 13.8 Å². The van der Waals surface area contributed by atoms with Crippen LogP contribution in [0.15, 0.2) is 37.4 Å².